The van der Waals surface area contributed by atoms with Gasteiger partial charge in [-0.2, -0.15) is 0 Å². The normalized spacial score (nSPS) is 12.2. The highest BCUT2D eigenvalue weighted by molar-refractivity contribution is 5.44. The van der Waals surface area contributed by atoms with E-state index in [0.717, 1.165) is 0 Å². The van der Waals surface area contributed by atoms with Crippen molar-refractivity contribution in [2.75, 3.05) is 11.9 Å². The molecule has 0 aliphatic carbocycles. The molecule has 0 aliphatic rings. The average Bonchev–Trinajstić information content (AvgIpc) is 2.37. The van der Waals surface area contributed by atoms with Gasteiger partial charge < -0.3 is 10.4 Å². The van der Waals surface area contributed by atoms with E-state index in [1.807, 2.05) is 0 Å². The number of hydrogen-bond donors (Lipinski definition) is 2. The number of nitrogens with one attached hydrogen (secondary N) is 1. The predicted octanol–water partition coefficient (Wildman–Crippen LogP) is 3.11. The van der Waals surface area contributed by atoms with Crippen molar-refractivity contribution >= 4 is 5.69 Å². The van der Waals surface area contributed by atoms with E-state index < -0.39 is 11.9 Å². The van der Waals surface area contributed by atoms with E-state index >= 15 is 0 Å². The van der Waals surface area contributed by atoms with Crippen LogP contribution in [-0.4, -0.2) is 11.7 Å². The number of hydrogen-bond acceptors (Lipinski definition) is 2. The van der Waals surface area contributed by atoms with E-state index in [9.17, 15) is 13.9 Å². The summed E-state index contributed by atoms with van der Waals surface area (Å²) in [6, 6.07) is 11.9. The summed E-state index contributed by atoms with van der Waals surface area (Å²) in [6.45, 7) is 0.115. The first-order chi connectivity index (χ1) is 8.66. The predicted molar refractivity (Wildman–Crippen MR) is 66.2 cm³/mol. The van der Waals surface area contributed by atoms with Gasteiger partial charge in [-0.1, -0.05) is 24.3 Å². The van der Waals surface area contributed by atoms with E-state index in [1.54, 1.807) is 24.3 Å². The SMILES string of the molecule is OC(CNc1ccccc1F)c1cccc(F)c1. The monoisotopic (exact) mass is 249 g/mol. The minimum atomic E-state index is -0.889. The maximum absolute atomic E-state index is 13.3. The van der Waals surface area contributed by atoms with Crippen molar-refractivity contribution in [3.63, 3.8) is 0 Å². The summed E-state index contributed by atoms with van der Waals surface area (Å²) in [5.41, 5.74) is 0.770. The number of rotatable bonds is 4. The maximum Gasteiger partial charge on any atom is 0.146 e. The highest BCUT2D eigenvalue weighted by Crippen LogP contribution is 2.17. The lowest BCUT2D eigenvalue weighted by Gasteiger charge is -2.13. The molecule has 1 unspecified atom stereocenters. The molecule has 2 N–H and O–H groups in total. The molecule has 0 amide bonds. The molecule has 2 aromatic rings. The van der Waals surface area contributed by atoms with Gasteiger partial charge in [-0.25, -0.2) is 8.78 Å². The fourth-order valence-corrected chi connectivity index (χ4v) is 1.64. The fraction of sp³-hybridized carbons (Fsp3) is 0.143. The molecular weight excluding hydrogens is 236 g/mol. The Hall–Kier alpha value is -1.94. The summed E-state index contributed by atoms with van der Waals surface area (Å²) in [5.74, 6) is -0.790. The first-order valence-electron chi connectivity index (χ1n) is 5.59. The van der Waals surface area contributed by atoms with Crippen LogP contribution in [0.4, 0.5) is 14.5 Å². The quantitative estimate of drug-likeness (QED) is 0.872. The molecule has 0 radical (unpaired) electrons. The summed E-state index contributed by atoms with van der Waals surface area (Å²) in [4.78, 5) is 0. The second kappa shape index (κ2) is 5.60. The molecule has 18 heavy (non-hydrogen) atoms. The van der Waals surface area contributed by atoms with E-state index in [1.165, 1.54) is 24.3 Å². The molecule has 94 valence electrons. The summed E-state index contributed by atoms with van der Waals surface area (Å²) in [7, 11) is 0. The Morgan fingerprint density at radius 1 is 1.06 bits per heavy atom. The van der Waals surface area contributed by atoms with Gasteiger partial charge in [-0.15, -0.1) is 0 Å². The molecule has 0 saturated carbocycles. The lowest BCUT2D eigenvalue weighted by atomic mass is 10.1. The summed E-state index contributed by atoms with van der Waals surface area (Å²) in [6.07, 6.45) is -0.889. The lowest BCUT2D eigenvalue weighted by Crippen LogP contribution is -2.13. The number of anilines is 1. The minimum Gasteiger partial charge on any atom is -0.387 e. The molecule has 0 spiro atoms. The summed E-state index contributed by atoms with van der Waals surface area (Å²) >= 11 is 0. The number of halogens is 2. The van der Waals surface area contributed by atoms with Crippen molar-refractivity contribution in [1.29, 1.82) is 0 Å². The standard InChI is InChI=1S/C14H13F2NO/c15-11-5-3-4-10(8-11)14(18)9-17-13-7-2-1-6-12(13)16/h1-8,14,17-18H,9H2. The van der Waals surface area contributed by atoms with Gasteiger partial charge in [0.05, 0.1) is 11.8 Å². The number of aliphatic hydroxyl groups excluding tert-OH is 1. The molecule has 2 rings (SSSR count). The first kappa shape index (κ1) is 12.5. The second-order valence-electron chi connectivity index (χ2n) is 3.93. The summed E-state index contributed by atoms with van der Waals surface area (Å²) in [5, 5.41) is 12.6. The van der Waals surface area contributed by atoms with Crippen LogP contribution in [0.5, 0.6) is 0 Å². The van der Waals surface area contributed by atoms with Gasteiger partial charge in [0.1, 0.15) is 11.6 Å². The first-order valence-corrected chi connectivity index (χ1v) is 5.59. The van der Waals surface area contributed by atoms with Crippen molar-refractivity contribution in [2.24, 2.45) is 0 Å². The maximum atomic E-state index is 13.3. The van der Waals surface area contributed by atoms with Crippen LogP contribution in [0.15, 0.2) is 48.5 Å². The molecule has 4 heteroatoms. The highest BCUT2D eigenvalue weighted by atomic mass is 19.1. The molecule has 2 nitrogen and oxygen atoms in total. The van der Waals surface area contributed by atoms with Gasteiger partial charge >= 0.3 is 0 Å². The van der Waals surface area contributed by atoms with E-state index in [-0.39, 0.29) is 12.4 Å². The highest BCUT2D eigenvalue weighted by Gasteiger charge is 2.09. The summed E-state index contributed by atoms with van der Waals surface area (Å²) < 4.78 is 26.3. The Balaban J connectivity index is 2.00. The second-order valence-corrected chi connectivity index (χ2v) is 3.93. The number of para-hydroxylation sites is 1. The Bertz CT molecular complexity index is 531. The Morgan fingerprint density at radius 3 is 2.56 bits per heavy atom. The third-order valence-corrected chi connectivity index (χ3v) is 2.59. The molecule has 0 saturated heterocycles. The van der Waals surface area contributed by atoms with Gasteiger partial charge in [-0.05, 0) is 29.8 Å². The largest absolute Gasteiger partial charge is 0.387 e. The van der Waals surface area contributed by atoms with Gasteiger partial charge in [0.2, 0.25) is 0 Å². The Morgan fingerprint density at radius 2 is 1.83 bits per heavy atom. The molecule has 2 aromatic carbocycles. The smallest absolute Gasteiger partial charge is 0.146 e. The topological polar surface area (TPSA) is 32.3 Å². The minimum absolute atomic E-state index is 0.115. The Kier molecular flexibility index (Phi) is 3.89. The third kappa shape index (κ3) is 3.05. The van der Waals surface area contributed by atoms with Crippen molar-refractivity contribution < 1.29 is 13.9 Å². The van der Waals surface area contributed by atoms with Crippen LogP contribution in [0.25, 0.3) is 0 Å². The zero-order valence-corrected chi connectivity index (χ0v) is 9.61. The van der Waals surface area contributed by atoms with Crippen LogP contribution >= 0.6 is 0 Å². The van der Waals surface area contributed by atoms with Gasteiger partial charge in [-0.3, -0.25) is 0 Å². The average molecular weight is 249 g/mol. The fourth-order valence-electron chi connectivity index (χ4n) is 1.64. The van der Waals surface area contributed by atoms with Crippen LogP contribution < -0.4 is 5.32 Å². The van der Waals surface area contributed by atoms with Crippen molar-refractivity contribution in [1.82, 2.24) is 0 Å². The van der Waals surface area contributed by atoms with Gasteiger partial charge in [0.15, 0.2) is 0 Å². The molecule has 0 bridgehead atoms. The molecule has 0 fully saturated rings. The van der Waals surface area contributed by atoms with Crippen LogP contribution in [0.3, 0.4) is 0 Å². The molecule has 1 atom stereocenters. The van der Waals surface area contributed by atoms with Crippen molar-refractivity contribution in [3.8, 4) is 0 Å². The molecule has 0 aromatic heterocycles. The van der Waals surface area contributed by atoms with E-state index in [2.05, 4.69) is 5.32 Å². The van der Waals surface area contributed by atoms with E-state index in [0.29, 0.717) is 11.3 Å². The zero-order valence-electron chi connectivity index (χ0n) is 9.61. The van der Waals surface area contributed by atoms with Crippen LogP contribution in [0.2, 0.25) is 0 Å². The van der Waals surface area contributed by atoms with Crippen molar-refractivity contribution in [2.45, 2.75) is 6.10 Å². The zero-order chi connectivity index (χ0) is 13.0. The molecule has 0 heterocycles. The van der Waals surface area contributed by atoms with Crippen molar-refractivity contribution in [3.05, 3.63) is 65.7 Å². The number of aliphatic hydroxyl groups is 1. The third-order valence-electron chi connectivity index (χ3n) is 2.59. The van der Waals surface area contributed by atoms with Crippen LogP contribution in [0, 0.1) is 11.6 Å². The van der Waals surface area contributed by atoms with E-state index in [4.69, 9.17) is 0 Å². The van der Waals surface area contributed by atoms with Gasteiger partial charge in [0, 0.05) is 6.54 Å². The Labute approximate surface area is 104 Å². The van der Waals surface area contributed by atoms with Crippen LogP contribution in [-0.2, 0) is 0 Å². The lowest BCUT2D eigenvalue weighted by molar-refractivity contribution is 0.191. The van der Waals surface area contributed by atoms with Crippen LogP contribution in [0.1, 0.15) is 11.7 Å². The van der Waals surface area contributed by atoms with Gasteiger partial charge in [0.25, 0.3) is 0 Å². The number of benzene rings is 2. The molecular formula is C14H13F2NO. The molecule has 0 aliphatic heterocycles.